The third-order valence-corrected chi connectivity index (χ3v) is 2.98. The molecule has 1 aliphatic rings. The lowest BCUT2D eigenvalue weighted by atomic mass is 10.2. The molecule has 0 spiro atoms. The molecule has 1 saturated carbocycles. The van der Waals surface area contributed by atoms with Crippen molar-refractivity contribution in [3.8, 4) is 0 Å². The maximum absolute atomic E-state index is 9.64. The van der Waals surface area contributed by atoms with Crippen LogP contribution in [0.2, 0.25) is 0 Å². The molecule has 1 unspecified atom stereocenters. The van der Waals surface area contributed by atoms with Crippen molar-refractivity contribution >= 4 is 0 Å². The van der Waals surface area contributed by atoms with Crippen molar-refractivity contribution in [3.63, 3.8) is 0 Å². The Hall–Kier alpha value is -1.55. The Labute approximate surface area is 99.7 Å². The molecule has 0 amide bonds. The SMILES string of the molecule is [N-]=[N+]=N[C@H]1CC(OCc2ccccc2)C[C@@H]1O. The Balaban J connectivity index is 1.84. The minimum absolute atomic E-state index is 0.0271. The summed E-state index contributed by atoms with van der Waals surface area (Å²) in [6.07, 6.45) is 0.529. The standard InChI is InChI=1S/C12H15N3O2/c13-15-14-11-6-10(7-12(11)16)17-8-9-4-2-1-3-5-9/h1-5,10-12,16H,6-8H2/t10?,11-,12-/m0/s1. The molecule has 5 nitrogen and oxygen atoms in total. The van der Waals surface area contributed by atoms with Crippen molar-refractivity contribution in [2.75, 3.05) is 0 Å². The van der Waals surface area contributed by atoms with Gasteiger partial charge in [-0.25, -0.2) is 0 Å². The Bertz CT molecular complexity index is 403. The Morgan fingerprint density at radius 1 is 1.35 bits per heavy atom. The number of azide groups is 1. The summed E-state index contributed by atoms with van der Waals surface area (Å²) in [5.74, 6) is 0. The molecule has 1 aliphatic carbocycles. The van der Waals surface area contributed by atoms with E-state index in [0.717, 1.165) is 5.56 Å². The van der Waals surface area contributed by atoms with E-state index in [1.165, 1.54) is 0 Å². The lowest BCUT2D eigenvalue weighted by Crippen LogP contribution is -2.15. The number of hydrogen-bond acceptors (Lipinski definition) is 3. The van der Waals surface area contributed by atoms with E-state index in [9.17, 15) is 5.11 Å². The summed E-state index contributed by atoms with van der Waals surface area (Å²) in [7, 11) is 0. The molecule has 90 valence electrons. The minimum Gasteiger partial charge on any atom is -0.393 e. The molecule has 0 aliphatic heterocycles. The van der Waals surface area contributed by atoms with Crippen LogP contribution >= 0.6 is 0 Å². The van der Waals surface area contributed by atoms with Crippen molar-refractivity contribution in [3.05, 3.63) is 46.3 Å². The van der Waals surface area contributed by atoms with Gasteiger partial charge in [-0.05, 0) is 23.9 Å². The van der Waals surface area contributed by atoms with Gasteiger partial charge in [0.25, 0.3) is 0 Å². The molecule has 0 aromatic heterocycles. The van der Waals surface area contributed by atoms with E-state index in [4.69, 9.17) is 10.3 Å². The van der Waals surface area contributed by atoms with Crippen molar-refractivity contribution in [1.82, 2.24) is 0 Å². The predicted octanol–water partition coefficient (Wildman–Crippen LogP) is 2.41. The van der Waals surface area contributed by atoms with Crippen LogP contribution in [-0.2, 0) is 11.3 Å². The number of rotatable bonds is 4. The lowest BCUT2D eigenvalue weighted by molar-refractivity contribution is 0.0357. The fourth-order valence-corrected chi connectivity index (χ4v) is 2.06. The topological polar surface area (TPSA) is 78.2 Å². The molecule has 2 rings (SSSR count). The number of ether oxygens (including phenoxy) is 1. The zero-order valence-corrected chi connectivity index (χ0v) is 9.44. The zero-order chi connectivity index (χ0) is 12.1. The molecule has 1 aromatic carbocycles. The Kier molecular flexibility index (Phi) is 3.98. The third kappa shape index (κ3) is 3.20. The summed E-state index contributed by atoms with van der Waals surface area (Å²) in [6.45, 7) is 0.529. The van der Waals surface area contributed by atoms with Gasteiger partial charge in [0.15, 0.2) is 0 Å². The van der Waals surface area contributed by atoms with Gasteiger partial charge >= 0.3 is 0 Å². The highest BCUT2D eigenvalue weighted by Gasteiger charge is 2.32. The summed E-state index contributed by atoms with van der Waals surface area (Å²) in [5, 5.41) is 13.2. The van der Waals surface area contributed by atoms with E-state index in [-0.39, 0.29) is 12.1 Å². The zero-order valence-electron chi connectivity index (χ0n) is 9.44. The first-order chi connectivity index (χ1) is 8.29. The second-order valence-electron chi connectivity index (χ2n) is 4.23. The molecule has 1 aromatic rings. The van der Waals surface area contributed by atoms with E-state index in [2.05, 4.69) is 10.0 Å². The van der Waals surface area contributed by atoms with Gasteiger partial charge in [0.2, 0.25) is 0 Å². The van der Waals surface area contributed by atoms with E-state index in [1.807, 2.05) is 30.3 Å². The van der Waals surface area contributed by atoms with Crippen LogP contribution in [0.4, 0.5) is 0 Å². The average molecular weight is 233 g/mol. The number of benzene rings is 1. The molecule has 1 fully saturated rings. The third-order valence-electron chi connectivity index (χ3n) is 2.98. The maximum Gasteiger partial charge on any atom is 0.0720 e. The second-order valence-corrected chi connectivity index (χ2v) is 4.23. The Morgan fingerprint density at radius 3 is 2.82 bits per heavy atom. The van der Waals surface area contributed by atoms with Crippen LogP contribution in [0, 0.1) is 0 Å². The van der Waals surface area contributed by atoms with E-state index >= 15 is 0 Å². The molecule has 5 heteroatoms. The number of nitrogens with zero attached hydrogens (tertiary/aromatic N) is 3. The van der Waals surface area contributed by atoms with Crippen LogP contribution in [0.3, 0.4) is 0 Å². The number of hydrogen-bond donors (Lipinski definition) is 1. The summed E-state index contributed by atoms with van der Waals surface area (Å²) in [4.78, 5) is 2.73. The van der Waals surface area contributed by atoms with Crippen LogP contribution < -0.4 is 0 Å². The number of aliphatic hydroxyl groups excluding tert-OH is 1. The average Bonchev–Trinajstić information content (AvgIpc) is 2.70. The summed E-state index contributed by atoms with van der Waals surface area (Å²) in [5.41, 5.74) is 9.45. The molecule has 0 bridgehead atoms. The predicted molar refractivity (Wildman–Crippen MR) is 63.2 cm³/mol. The van der Waals surface area contributed by atoms with E-state index in [1.54, 1.807) is 0 Å². The minimum atomic E-state index is -0.577. The molecule has 0 saturated heterocycles. The van der Waals surface area contributed by atoms with Crippen molar-refractivity contribution in [2.24, 2.45) is 5.11 Å². The molecule has 3 atom stereocenters. The Morgan fingerprint density at radius 2 is 2.12 bits per heavy atom. The lowest BCUT2D eigenvalue weighted by Gasteiger charge is -2.10. The van der Waals surface area contributed by atoms with Gasteiger partial charge in [-0.3, -0.25) is 0 Å². The first-order valence-electron chi connectivity index (χ1n) is 5.67. The van der Waals surface area contributed by atoms with Crippen molar-refractivity contribution < 1.29 is 9.84 Å². The highest BCUT2D eigenvalue weighted by Crippen LogP contribution is 2.26. The van der Waals surface area contributed by atoms with Crippen LogP contribution in [0.25, 0.3) is 10.4 Å². The van der Waals surface area contributed by atoms with Crippen LogP contribution in [-0.4, -0.2) is 23.4 Å². The number of aliphatic hydroxyl groups is 1. The first-order valence-corrected chi connectivity index (χ1v) is 5.67. The molecule has 17 heavy (non-hydrogen) atoms. The summed E-state index contributed by atoms with van der Waals surface area (Å²) < 4.78 is 5.69. The summed E-state index contributed by atoms with van der Waals surface area (Å²) >= 11 is 0. The van der Waals surface area contributed by atoms with Gasteiger partial charge in [-0.15, -0.1) is 0 Å². The molecule has 0 heterocycles. The normalized spacial score (nSPS) is 27.7. The van der Waals surface area contributed by atoms with Gasteiger partial charge < -0.3 is 9.84 Å². The fourth-order valence-electron chi connectivity index (χ4n) is 2.06. The largest absolute Gasteiger partial charge is 0.393 e. The first kappa shape index (κ1) is 11.9. The monoisotopic (exact) mass is 233 g/mol. The fraction of sp³-hybridized carbons (Fsp3) is 0.500. The quantitative estimate of drug-likeness (QED) is 0.492. The molecular formula is C12H15N3O2. The highest BCUT2D eigenvalue weighted by molar-refractivity contribution is 5.13. The smallest absolute Gasteiger partial charge is 0.0720 e. The van der Waals surface area contributed by atoms with Gasteiger partial charge in [0.05, 0.1) is 24.9 Å². The van der Waals surface area contributed by atoms with Crippen LogP contribution in [0.1, 0.15) is 18.4 Å². The van der Waals surface area contributed by atoms with Gasteiger partial charge in [-0.1, -0.05) is 35.4 Å². The van der Waals surface area contributed by atoms with Crippen molar-refractivity contribution in [1.29, 1.82) is 0 Å². The second kappa shape index (κ2) is 5.68. The molecule has 1 N–H and O–H groups in total. The highest BCUT2D eigenvalue weighted by atomic mass is 16.5. The molecule has 0 radical (unpaired) electrons. The summed E-state index contributed by atoms with van der Waals surface area (Å²) in [6, 6.07) is 9.53. The van der Waals surface area contributed by atoms with Crippen LogP contribution in [0.15, 0.2) is 35.4 Å². The van der Waals surface area contributed by atoms with E-state index < -0.39 is 6.10 Å². The van der Waals surface area contributed by atoms with E-state index in [0.29, 0.717) is 19.4 Å². The molecular weight excluding hydrogens is 218 g/mol. The maximum atomic E-state index is 9.64. The van der Waals surface area contributed by atoms with Gasteiger partial charge in [-0.2, -0.15) is 0 Å². The van der Waals surface area contributed by atoms with Crippen LogP contribution in [0.5, 0.6) is 0 Å². The van der Waals surface area contributed by atoms with Gasteiger partial charge in [0.1, 0.15) is 0 Å². The van der Waals surface area contributed by atoms with Gasteiger partial charge in [0, 0.05) is 4.91 Å². The van der Waals surface area contributed by atoms with Crippen molar-refractivity contribution in [2.45, 2.75) is 37.7 Å².